The molecule has 3 nitrogen and oxygen atoms in total. The number of halogens is 2. The summed E-state index contributed by atoms with van der Waals surface area (Å²) in [6.07, 6.45) is 3.24. The number of hydrogen-bond acceptors (Lipinski definition) is 1. The zero-order valence-corrected chi connectivity index (χ0v) is 11.2. The molecule has 0 saturated heterocycles. The molecule has 0 aliphatic rings. The molecule has 17 heavy (non-hydrogen) atoms. The average molecular weight is 275 g/mol. The third-order valence-electron chi connectivity index (χ3n) is 2.24. The number of unbranched alkanes of at least 4 members (excludes halogenated alkanes) is 2. The van der Waals surface area contributed by atoms with Crippen LogP contribution in [0.5, 0.6) is 0 Å². The van der Waals surface area contributed by atoms with Crippen molar-refractivity contribution in [2.45, 2.75) is 26.2 Å². The Morgan fingerprint density at radius 1 is 1.24 bits per heavy atom. The molecule has 0 bridgehead atoms. The molecule has 1 rings (SSSR count). The van der Waals surface area contributed by atoms with Crippen molar-refractivity contribution in [3.05, 3.63) is 28.2 Å². The van der Waals surface area contributed by atoms with Crippen LogP contribution in [-0.4, -0.2) is 12.6 Å². The van der Waals surface area contributed by atoms with E-state index in [1.807, 2.05) is 0 Å². The van der Waals surface area contributed by atoms with Gasteiger partial charge in [-0.1, -0.05) is 43.0 Å². The molecule has 0 radical (unpaired) electrons. The highest BCUT2D eigenvalue weighted by Crippen LogP contribution is 2.24. The Morgan fingerprint density at radius 3 is 2.65 bits per heavy atom. The molecule has 0 heterocycles. The van der Waals surface area contributed by atoms with E-state index in [0.717, 1.165) is 19.3 Å². The first kappa shape index (κ1) is 14.1. The van der Waals surface area contributed by atoms with Gasteiger partial charge in [-0.05, 0) is 24.6 Å². The van der Waals surface area contributed by atoms with E-state index >= 15 is 0 Å². The highest BCUT2D eigenvalue weighted by molar-refractivity contribution is 6.42. The number of amides is 2. The van der Waals surface area contributed by atoms with Crippen LogP contribution in [0.1, 0.15) is 26.2 Å². The van der Waals surface area contributed by atoms with Crippen LogP contribution in [0.3, 0.4) is 0 Å². The lowest BCUT2D eigenvalue weighted by Gasteiger charge is -2.08. The Hall–Kier alpha value is -0.930. The third-order valence-corrected chi connectivity index (χ3v) is 2.98. The van der Waals surface area contributed by atoms with Crippen LogP contribution < -0.4 is 10.6 Å². The third kappa shape index (κ3) is 5.29. The van der Waals surface area contributed by atoms with Crippen molar-refractivity contribution >= 4 is 34.9 Å². The Labute approximate surface area is 111 Å². The normalized spacial score (nSPS) is 10.1. The van der Waals surface area contributed by atoms with Gasteiger partial charge in [-0.2, -0.15) is 0 Å². The first-order chi connectivity index (χ1) is 8.13. The maximum Gasteiger partial charge on any atom is 0.319 e. The molecule has 1 aromatic carbocycles. The fraction of sp³-hybridized carbons (Fsp3) is 0.417. The summed E-state index contributed by atoms with van der Waals surface area (Å²) in [5, 5.41) is 6.37. The molecule has 0 atom stereocenters. The number of carbonyl (C=O) groups is 1. The zero-order chi connectivity index (χ0) is 12.7. The zero-order valence-electron chi connectivity index (χ0n) is 9.72. The SMILES string of the molecule is CCCCCNC(=O)Nc1ccc(Cl)c(Cl)c1. The highest BCUT2D eigenvalue weighted by Gasteiger charge is 2.03. The Morgan fingerprint density at radius 2 is 2.00 bits per heavy atom. The fourth-order valence-corrected chi connectivity index (χ4v) is 1.62. The quantitative estimate of drug-likeness (QED) is 0.772. The molecule has 0 fully saturated rings. The molecule has 2 N–H and O–H groups in total. The largest absolute Gasteiger partial charge is 0.338 e. The lowest BCUT2D eigenvalue weighted by molar-refractivity contribution is 0.252. The minimum Gasteiger partial charge on any atom is -0.338 e. The number of anilines is 1. The summed E-state index contributed by atoms with van der Waals surface area (Å²) in [6.45, 7) is 2.80. The molecule has 0 aliphatic carbocycles. The van der Waals surface area contributed by atoms with E-state index in [4.69, 9.17) is 23.2 Å². The van der Waals surface area contributed by atoms with E-state index in [0.29, 0.717) is 22.3 Å². The molecule has 0 aromatic heterocycles. The number of benzene rings is 1. The van der Waals surface area contributed by atoms with E-state index in [2.05, 4.69) is 17.6 Å². The van der Waals surface area contributed by atoms with Crippen molar-refractivity contribution < 1.29 is 4.79 Å². The summed E-state index contributed by atoms with van der Waals surface area (Å²) in [7, 11) is 0. The van der Waals surface area contributed by atoms with Gasteiger partial charge in [0.05, 0.1) is 10.0 Å². The number of nitrogens with one attached hydrogen (secondary N) is 2. The standard InChI is InChI=1S/C12H16Cl2N2O/c1-2-3-4-7-15-12(17)16-9-5-6-10(13)11(14)8-9/h5-6,8H,2-4,7H2,1H3,(H2,15,16,17). The van der Waals surface area contributed by atoms with Gasteiger partial charge >= 0.3 is 6.03 Å². The van der Waals surface area contributed by atoms with Crippen LogP contribution in [0, 0.1) is 0 Å². The number of urea groups is 1. The topological polar surface area (TPSA) is 41.1 Å². The van der Waals surface area contributed by atoms with Gasteiger partial charge in [0, 0.05) is 12.2 Å². The predicted octanol–water partition coefficient (Wildman–Crippen LogP) is 4.31. The minimum atomic E-state index is -0.223. The highest BCUT2D eigenvalue weighted by atomic mass is 35.5. The molecule has 1 aromatic rings. The average Bonchev–Trinajstić information content (AvgIpc) is 2.30. The second-order valence-corrected chi connectivity index (χ2v) is 4.53. The molecule has 5 heteroatoms. The molecule has 2 amide bonds. The lowest BCUT2D eigenvalue weighted by atomic mass is 10.2. The van der Waals surface area contributed by atoms with Crippen molar-refractivity contribution in [2.75, 3.05) is 11.9 Å². The molecule has 0 unspecified atom stereocenters. The van der Waals surface area contributed by atoms with Crippen molar-refractivity contribution in [2.24, 2.45) is 0 Å². The van der Waals surface area contributed by atoms with E-state index in [9.17, 15) is 4.79 Å². The summed E-state index contributed by atoms with van der Waals surface area (Å²) < 4.78 is 0. The van der Waals surface area contributed by atoms with Gasteiger partial charge < -0.3 is 10.6 Å². The van der Waals surface area contributed by atoms with Crippen molar-refractivity contribution in [3.8, 4) is 0 Å². The molecular weight excluding hydrogens is 259 g/mol. The van der Waals surface area contributed by atoms with Crippen LogP contribution >= 0.6 is 23.2 Å². The van der Waals surface area contributed by atoms with E-state index in [-0.39, 0.29) is 6.03 Å². The maximum atomic E-state index is 11.5. The van der Waals surface area contributed by atoms with Crippen molar-refractivity contribution in [1.29, 1.82) is 0 Å². The lowest BCUT2D eigenvalue weighted by Crippen LogP contribution is -2.29. The van der Waals surface area contributed by atoms with Gasteiger partial charge in [-0.25, -0.2) is 4.79 Å². The van der Waals surface area contributed by atoms with Crippen LogP contribution in [0.15, 0.2) is 18.2 Å². The van der Waals surface area contributed by atoms with E-state index in [1.165, 1.54) is 0 Å². The number of hydrogen-bond donors (Lipinski definition) is 2. The summed E-state index contributed by atoms with van der Waals surface area (Å²) in [5.74, 6) is 0. The van der Waals surface area contributed by atoms with Crippen molar-refractivity contribution in [1.82, 2.24) is 5.32 Å². The molecular formula is C12H16Cl2N2O. The van der Waals surface area contributed by atoms with Crippen molar-refractivity contribution in [3.63, 3.8) is 0 Å². The fourth-order valence-electron chi connectivity index (χ4n) is 1.33. The monoisotopic (exact) mass is 274 g/mol. The minimum absolute atomic E-state index is 0.223. The number of rotatable bonds is 5. The van der Waals surface area contributed by atoms with Crippen LogP contribution in [0.25, 0.3) is 0 Å². The van der Waals surface area contributed by atoms with Crippen LogP contribution in [-0.2, 0) is 0 Å². The van der Waals surface area contributed by atoms with Gasteiger partial charge in [0.2, 0.25) is 0 Å². The number of carbonyl (C=O) groups excluding carboxylic acids is 1. The Kier molecular flexibility index (Phi) is 6.16. The second kappa shape index (κ2) is 7.41. The van der Waals surface area contributed by atoms with Gasteiger partial charge in [0.1, 0.15) is 0 Å². The summed E-state index contributed by atoms with van der Waals surface area (Å²) in [5.41, 5.74) is 0.632. The maximum absolute atomic E-state index is 11.5. The Bertz CT molecular complexity index is 383. The molecule has 0 spiro atoms. The molecule has 0 aliphatic heterocycles. The van der Waals surface area contributed by atoms with Gasteiger partial charge in [0.25, 0.3) is 0 Å². The summed E-state index contributed by atoms with van der Waals surface area (Å²) in [4.78, 5) is 11.5. The first-order valence-electron chi connectivity index (χ1n) is 5.63. The first-order valence-corrected chi connectivity index (χ1v) is 6.39. The van der Waals surface area contributed by atoms with Gasteiger partial charge in [-0.15, -0.1) is 0 Å². The predicted molar refractivity (Wildman–Crippen MR) is 73.0 cm³/mol. The van der Waals surface area contributed by atoms with Gasteiger partial charge in [-0.3, -0.25) is 0 Å². The van der Waals surface area contributed by atoms with E-state index in [1.54, 1.807) is 18.2 Å². The van der Waals surface area contributed by atoms with Gasteiger partial charge in [0.15, 0.2) is 0 Å². The van der Waals surface area contributed by atoms with Crippen LogP contribution in [0.4, 0.5) is 10.5 Å². The smallest absolute Gasteiger partial charge is 0.319 e. The summed E-state index contributed by atoms with van der Waals surface area (Å²) in [6, 6.07) is 4.76. The second-order valence-electron chi connectivity index (χ2n) is 3.72. The molecule has 94 valence electrons. The van der Waals surface area contributed by atoms with Crippen LogP contribution in [0.2, 0.25) is 10.0 Å². The summed E-state index contributed by atoms with van der Waals surface area (Å²) >= 11 is 11.6. The molecule has 0 saturated carbocycles. The van der Waals surface area contributed by atoms with E-state index < -0.39 is 0 Å². The Balaban J connectivity index is 2.37.